The van der Waals surface area contributed by atoms with Crippen LogP contribution in [0.1, 0.15) is 11.1 Å². The third kappa shape index (κ3) is 2.89. The van der Waals surface area contributed by atoms with Crippen molar-refractivity contribution in [3.8, 4) is 0 Å². The van der Waals surface area contributed by atoms with Crippen molar-refractivity contribution in [3.63, 3.8) is 0 Å². The number of hydrogen-bond donors (Lipinski definition) is 2. The van der Waals surface area contributed by atoms with Gasteiger partial charge >= 0.3 is 0 Å². The highest BCUT2D eigenvalue weighted by molar-refractivity contribution is 9.10. The van der Waals surface area contributed by atoms with Gasteiger partial charge in [-0.2, -0.15) is 0 Å². The molecule has 0 spiro atoms. The molecule has 2 aromatic heterocycles. The minimum absolute atomic E-state index is 0.00973. The zero-order chi connectivity index (χ0) is 14.7. The summed E-state index contributed by atoms with van der Waals surface area (Å²) in [4.78, 5) is 8.55. The summed E-state index contributed by atoms with van der Waals surface area (Å²) in [5.74, 6) is 0. The Morgan fingerprint density at radius 1 is 1.10 bits per heavy atom. The van der Waals surface area contributed by atoms with Gasteiger partial charge in [-0.15, -0.1) is 0 Å². The average Bonchev–Trinajstić information content (AvgIpc) is 2.55. The van der Waals surface area contributed by atoms with Crippen molar-refractivity contribution < 1.29 is 5.11 Å². The first-order valence-corrected chi connectivity index (χ1v) is 7.38. The number of aliphatic hydroxyl groups is 1. The van der Waals surface area contributed by atoms with Gasteiger partial charge in [-0.25, -0.2) is 0 Å². The average molecular weight is 344 g/mol. The summed E-state index contributed by atoms with van der Waals surface area (Å²) < 4.78 is 1.03. The number of hydrogen-bond acceptors (Lipinski definition) is 4. The first kappa shape index (κ1) is 14.0. The van der Waals surface area contributed by atoms with Crippen molar-refractivity contribution in [3.05, 3.63) is 64.5 Å². The highest BCUT2D eigenvalue weighted by Crippen LogP contribution is 2.26. The van der Waals surface area contributed by atoms with Crippen molar-refractivity contribution >= 4 is 32.5 Å². The molecular weight excluding hydrogens is 330 g/mol. The Labute approximate surface area is 131 Å². The summed E-state index contributed by atoms with van der Waals surface area (Å²) in [6.45, 7) is 0.615. The zero-order valence-electron chi connectivity index (χ0n) is 11.3. The maximum Gasteiger partial charge on any atom is 0.0763 e. The van der Waals surface area contributed by atoms with Crippen LogP contribution in [0.3, 0.4) is 0 Å². The van der Waals surface area contributed by atoms with Crippen LogP contribution < -0.4 is 5.32 Å². The fourth-order valence-corrected chi connectivity index (χ4v) is 2.70. The molecule has 0 aliphatic rings. The molecule has 2 heterocycles. The molecule has 2 N–H and O–H groups in total. The van der Waals surface area contributed by atoms with Gasteiger partial charge in [-0.3, -0.25) is 9.97 Å². The van der Waals surface area contributed by atoms with E-state index in [1.165, 1.54) is 0 Å². The predicted octanol–water partition coefficient (Wildman–Crippen LogP) is 3.50. The summed E-state index contributed by atoms with van der Waals surface area (Å²) >= 11 is 3.55. The number of aliphatic hydroxyl groups excluding tert-OH is 1. The minimum atomic E-state index is -0.00973. The van der Waals surface area contributed by atoms with Crippen LogP contribution in [0.4, 0.5) is 5.69 Å². The molecule has 4 nitrogen and oxygen atoms in total. The summed E-state index contributed by atoms with van der Waals surface area (Å²) in [6.07, 6.45) is 5.19. The Hall–Kier alpha value is -1.98. The van der Waals surface area contributed by atoms with Gasteiger partial charge in [0.25, 0.3) is 0 Å². The second-order valence-electron chi connectivity index (χ2n) is 4.65. The summed E-state index contributed by atoms with van der Waals surface area (Å²) in [7, 11) is 0. The van der Waals surface area contributed by atoms with Crippen LogP contribution in [0.15, 0.2) is 53.4 Å². The van der Waals surface area contributed by atoms with Crippen molar-refractivity contribution in [1.29, 1.82) is 0 Å². The number of halogens is 1. The molecule has 0 bridgehead atoms. The van der Waals surface area contributed by atoms with Gasteiger partial charge in [-0.05, 0) is 23.8 Å². The zero-order valence-corrected chi connectivity index (χ0v) is 12.8. The number of nitrogens with one attached hydrogen (secondary N) is 1. The smallest absolute Gasteiger partial charge is 0.0763 e. The van der Waals surface area contributed by atoms with Crippen LogP contribution in [-0.2, 0) is 13.2 Å². The van der Waals surface area contributed by atoms with Gasteiger partial charge < -0.3 is 10.4 Å². The molecule has 5 heteroatoms. The van der Waals surface area contributed by atoms with Gasteiger partial charge in [0, 0.05) is 34.4 Å². The van der Waals surface area contributed by atoms with Crippen molar-refractivity contribution in [2.75, 3.05) is 5.32 Å². The quantitative estimate of drug-likeness (QED) is 0.761. The van der Waals surface area contributed by atoms with Gasteiger partial charge in [0.05, 0.1) is 24.0 Å². The van der Waals surface area contributed by atoms with Crippen molar-refractivity contribution in [2.24, 2.45) is 0 Å². The molecule has 0 aliphatic heterocycles. The van der Waals surface area contributed by atoms with E-state index in [-0.39, 0.29) is 6.61 Å². The van der Waals surface area contributed by atoms with Crippen LogP contribution >= 0.6 is 15.9 Å². The van der Waals surface area contributed by atoms with Gasteiger partial charge in [0.1, 0.15) is 0 Å². The number of anilines is 1. The Kier molecular flexibility index (Phi) is 4.13. The highest BCUT2D eigenvalue weighted by atomic mass is 79.9. The van der Waals surface area contributed by atoms with Crippen LogP contribution in [-0.4, -0.2) is 15.1 Å². The molecule has 21 heavy (non-hydrogen) atoms. The lowest BCUT2D eigenvalue weighted by Gasteiger charge is -2.12. The molecule has 0 saturated carbocycles. The number of benzene rings is 1. The third-order valence-electron chi connectivity index (χ3n) is 3.35. The molecule has 0 amide bonds. The van der Waals surface area contributed by atoms with E-state index in [0.717, 1.165) is 32.2 Å². The van der Waals surface area contributed by atoms with Crippen LogP contribution in [0.2, 0.25) is 0 Å². The van der Waals surface area contributed by atoms with E-state index in [0.29, 0.717) is 6.54 Å². The Morgan fingerprint density at radius 3 is 2.86 bits per heavy atom. The Morgan fingerprint density at radius 2 is 2.00 bits per heavy atom. The van der Waals surface area contributed by atoms with E-state index in [4.69, 9.17) is 0 Å². The second-order valence-corrected chi connectivity index (χ2v) is 5.50. The molecule has 3 aromatic rings. The van der Waals surface area contributed by atoms with Crippen molar-refractivity contribution in [1.82, 2.24) is 9.97 Å². The van der Waals surface area contributed by atoms with Gasteiger partial charge in [-0.1, -0.05) is 28.1 Å². The maximum atomic E-state index is 9.34. The normalized spacial score (nSPS) is 10.8. The summed E-state index contributed by atoms with van der Waals surface area (Å²) in [5, 5.41) is 13.7. The minimum Gasteiger partial charge on any atom is -0.392 e. The molecule has 0 radical (unpaired) electrons. The number of fused-ring (bicyclic) bond motifs is 1. The van der Waals surface area contributed by atoms with Crippen molar-refractivity contribution in [2.45, 2.75) is 13.2 Å². The predicted molar refractivity (Wildman–Crippen MR) is 86.9 cm³/mol. The highest BCUT2D eigenvalue weighted by Gasteiger charge is 2.06. The fraction of sp³-hybridized carbons (Fsp3) is 0.125. The topological polar surface area (TPSA) is 58.0 Å². The first-order chi connectivity index (χ1) is 10.3. The van der Waals surface area contributed by atoms with E-state index in [1.807, 2.05) is 24.3 Å². The maximum absolute atomic E-state index is 9.34. The third-order valence-corrected chi connectivity index (χ3v) is 4.04. The van der Waals surface area contributed by atoms with Crippen LogP contribution in [0, 0.1) is 0 Å². The Balaban J connectivity index is 1.91. The van der Waals surface area contributed by atoms with E-state index < -0.39 is 0 Å². The van der Waals surface area contributed by atoms with Crippen LogP contribution in [0.25, 0.3) is 10.9 Å². The molecule has 3 rings (SSSR count). The lowest BCUT2D eigenvalue weighted by molar-refractivity contribution is 0.282. The lowest BCUT2D eigenvalue weighted by atomic mass is 10.1. The molecule has 1 aromatic carbocycles. The first-order valence-electron chi connectivity index (χ1n) is 6.59. The number of nitrogens with zero attached hydrogens (tertiary/aromatic N) is 2. The molecule has 0 unspecified atom stereocenters. The molecule has 0 atom stereocenters. The van der Waals surface area contributed by atoms with Crippen LogP contribution in [0.5, 0.6) is 0 Å². The van der Waals surface area contributed by atoms with E-state index in [9.17, 15) is 5.11 Å². The largest absolute Gasteiger partial charge is 0.392 e. The molecule has 0 fully saturated rings. The van der Waals surface area contributed by atoms with E-state index in [2.05, 4.69) is 31.2 Å². The SMILES string of the molecule is OCc1ccncc1NCc1ccc(Br)c2cccnc12. The number of pyridine rings is 2. The molecular formula is C16H14BrN3O. The van der Waals surface area contributed by atoms with E-state index >= 15 is 0 Å². The lowest BCUT2D eigenvalue weighted by Crippen LogP contribution is -2.04. The fourth-order valence-electron chi connectivity index (χ4n) is 2.25. The second kappa shape index (κ2) is 6.20. The standard InChI is InChI=1S/C16H14BrN3O/c17-14-4-3-11(16-13(14)2-1-6-19-16)8-20-15-9-18-7-5-12(15)10-21/h1-7,9,20-21H,8,10H2. The van der Waals surface area contributed by atoms with Gasteiger partial charge in [0.2, 0.25) is 0 Å². The van der Waals surface area contributed by atoms with E-state index in [1.54, 1.807) is 24.7 Å². The monoisotopic (exact) mass is 343 g/mol. The number of rotatable bonds is 4. The Bertz CT molecular complexity index is 776. The molecule has 106 valence electrons. The summed E-state index contributed by atoms with van der Waals surface area (Å²) in [5.41, 5.74) is 3.74. The molecule has 0 saturated heterocycles. The summed E-state index contributed by atoms with van der Waals surface area (Å²) in [6, 6.07) is 9.84. The number of aromatic nitrogens is 2. The van der Waals surface area contributed by atoms with Gasteiger partial charge in [0.15, 0.2) is 0 Å². The molecule has 0 aliphatic carbocycles.